The van der Waals surface area contributed by atoms with Crippen LogP contribution >= 0.6 is 12.2 Å². The van der Waals surface area contributed by atoms with Crippen molar-refractivity contribution in [1.82, 2.24) is 14.5 Å². The smallest absolute Gasteiger partial charge is 0.178 e. The molecule has 4 heteroatoms. The van der Waals surface area contributed by atoms with Gasteiger partial charge in [0.1, 0.15) is 0 Å². The van der Waals surface area contributed by atoms with Crippen LogP contribution in [-0.4, -0.2) is 14.5 Å². The second-order valence-corrected chi connectivity index (χ2v) is 5.24. The Morgan fingerprint density at radius 1 is 1.44 bits per heavy atom. The molecule has 0 bridgehead atoms. The Labute approximate surface area is 113 Å². The molecular weight excluding hydrogens is 242 g/mol. The summed E-state index contributed by atoms with van der Waals surface area (Å²) in [6.07, 6.45) is 8.73. The highest BCUT2D eigenvalue weighted by molar-refractivity contribution is 7.71. The molecule has 0 spiro atoms. The van der Waals surface area contributed by atoms with E-state index in [2.05, 4.69) is 28.4 Å². The zero-order valence-electron chi connectivity index (χ0n) is 11.1. The second-order valence-electron chi connectivity index (χ2n) is 4.85. The number of aromatic amines is 1. The van der Waals surface area contributed by atoms with Gasteiger partial charge in [0.15, 0.2) is 4.77 Å². The maximum Gasteiger partial charge on any atom is 0.178 e. The number of H-pyrrole nitrogens is 1. The van der Waals surface area contributed by atoms with E-state index in [1.807, 2.05) is 18.5 Å². The topological polar surface area (TPSA) is 33.6 Å². The number of hydrogen-bond acceptors (Lipinski definition) is 2. The number of aromatic nitrogens is 3. The number of nitrogens with zero attached hydrogens (tertiary/aromatic N) is 2. The van der Waals surface area contributed by atoms with Crippen LogP contribution in [0.25, 0.3) is 11.0 Å². The average Bonchev–Trinajstić information content (AvgIpc) is 2.70. The fourth-order valence-corrected chi connectivity index (χ4v) is 2.65. The summed E-state index contributed by atoms with van der Waals surface area (Å²) in [7, 11) is 0. The van der Waals surface area contributed by atoms with Crippen molar-refractivity contribution in [2.45, 2.75) is 46.1 Å². The van der Waals surface area contributed by atoms with E-state index >= 15 is 0 Å². The van der Waals surface area contributed by atoms with Crippen molar-refractivity contribution >= 4 is 23.3 Å². The van der Waals surface area contributed by atoms with Crippen LogP contribution in [0, 0.1) is 10.7 Å². The van der Waals surface area contributed by atoms with Crippen LogP contribution in [0.15, 0.2) is 18.5 Å². The number of rotatable bonds is 6. The quantitative estimate of drug-likeness (QED) is 0.788. The van der Waals surface area contributed by atoms with Gasteiger partial charge in [-0.15, -0.1) is 0 Å². The minimum Gasteiger partial charge on any atom is -0.329 e. The van der Waals surface area contributed by atoms with Crippen molar-refractivity contribution in [3.63, 3.8) is 0 Å². The van der Waals surface area contributed by atoms with Crippen molar-refractivity contribution in [2.75, 3.05) is 0 Å². The van der Waals surface area contributed by atoms with Crippen LogP contribution in [-0.2, 0) is 6.54 Å². The molecule has 0 aliphatic rings. The van der Waals surface area contributed by atoms with Gasteiger partial charge in [-0.05, 0) is 30.6 Å². The van der Waals surface area contributed by atoms with Gasteiger partial charge in [0.05, 0.1) is 17.2 Å². The molecule has 0 fully saturated rings. The van der Waals surface area contributed by atoms with Crippen LogP contribution in [0.2, 0.25) is 0 Å². The van der Waals surface area contributed by atoms with Gasteiger partial charge in [-0.25, -0.2) is 0 Å². The minimum absolute atomic E-state index is 0.712. The number of fused-ring (bicyclic) bond motifs is 1. The maximum absolute atomic E-state index is 5.41. The van der Waals surface area contributed by atoms with E-state index in [1.54, 1.807) is 0 Å². The van der Waals surface area contributed by atoms with Gasteiger partial charge in [-0.3, -0.25) is 4.98 Å². The number of imidazole rings is 1. The molecule has 0 saturated heterocycles. The van der Waals surface area contributed by atoms with E-state index in [0.29, 0.717) is 5.92 Å². The van der Waals surface area contributed by atoms with Gasteiger partial charge in [0, 0.05) is 12.7 Å². The summed E-state index contributed by atoms with van der Waals surface area (Å²) < 4.78 is 3.03. The summed E-state index contributed by atoms with van der Waals surface area (Å²) in [5.41, 5.74) is 2.21. The Hall–Kier alpha value is -1.16. The molecule has 18 heavy (non-hydrogen) atoms. The average molecular weight is 263 g/mol. The number of unbranched alkanes of at least 4 members (excludes halogenated alkanes) is 1. The van der Waals surface area contributed by atoms with Crippen molar-refractivity contribution in [2.24, 2.45) is 5.92 Å². The molecule has 98 valence electrons. The first-order valence-electron chi connectivity index (χ1n) is 6.78. The SMILES string of the molecule is CCCCC(CC)Cn1c(=S)[nH]c2cnccc21. The summed E-state index contributed by atoms with van der Waals surface area (Å²) in [6.45, 7) is 5.52. The standard InChI is InChI=1S/C14H21N3S/c1-3-5-6-11(4-2)10-17-13-7-8-15-9-12(13)16-14(17)18/h7-9,11H,3-6,10H2,1-2H3,(H,16,18). The summed E-state index contributed by atoms with van der Waals surface area (Å²) in [4.78, 5) is 7.35. The lowest BCUT2D eigenvalue weighted by Gasteiger charge is -2.15. The highest BCUT2D eigenvalue weighted by atomic mass is 32.1. The highest BCUT2D eigenvalue weighted by Crippen LogP contribution is 2.19. The molecule has 0 aliphatic heterocycles. The molecule has 2 rings (SSSR count). The van der Waals surface area contributed by atoms with E-state index in [9.17, 15) is 0 Å². The first-order valence-corrected chi connectivity index (χ1v) is 7.19. The Balaban J connectivity index is 2.24. The molecule has 0 radical (unpaired) electrons. The Kier molecular flexibility index (Phi) is 4.53. The fourth-order valence-electron chi connectivity index (χ4n) is 2.37. The minimum atomic E-state index is 0.712. The van der Waals surface area contributed by atoms with E-state index in [-0.39, 0.29) is 0 Å². The summed E-state index contributed by atoms with van der Waals surface area (Å²) in [5.74, 6) is 0.712. The molecule has 3 nitrogen and oxygen atoms in total. The lowest BCUT2D eigenvalue weighted by molar-refractivity contribution is 0.393. The van der Waals surface area contributed by atoms with Crippen LogP contribution in [0.1, 0.15) is 39.5 Å². The summed E-state index contributed by atoms with van der Waals surface area (Å²) >= 11 is 5.41. The van der Waals surface area contributed by atoms with Gasteiger partial charge in [-0.1, -0.05) is 33.1 Å². The maximum atomic E-state index is 5.41. The van der Waals surface area contributed by atoms with Crippen molar-refractivity contribution < 1.29 is 0 Å². The summed E-state index contributed by atoms with van der Waals surface area (Å²) in [6, 6.07) is 2.04. The van der Waals surface area contributed by atoms with E-state index < -0.39 is 0 Å². The van der Waals surface area contributed by atoms with Crippen molar-refractivity contribution in [3.05, 3.63) is 23.2 Å². The fraction of sp³-hybridized carbons (Fsp3) is 0.571. The molecule has 2 aromatic heterocycles. The first-order chi connectivity index (χ1) is 8.76. The third kappa shape index (κ3) is 2.80. The van der Waals surface area contributed by atoms with Gasteiger partial charge in [-0.2, -0.15) is 0 Å². The zero-order chi connectivity index (χ0) is 13.0. The third-order valence-electron chi connectivity index (χ3n) is 3.56. The second kappa shape index (κ2) is 6.14. The number of nitrogens with one attached hydrogen (secondary N) is 1. The van der Waals surface area contributed by atoms with Gasteiger partial charge in [0.25, 0.3) is 0 Å². The lowest BCUT2D eigenvalue weighted by Crippen LogP contribution is -2.10. The largest absolute Gasteiger partial charge is 0.329 e. The van der Waals surface area contributed by atoms with Crippen molar-refractivity contribution in [3.8, 4) is 0 Å². The van der Waals surface area contributed by atoms with E-state index in [0.717, 1.165) is 16.8 Å². The molecule has 2 heterocycles. The molecule has 0 aromatic carbocycles. The van der Waals surface area contributed by atoms with E-state index in [1.165, 1.54) is 31.2 Å². The highest BCUT2D eigenvalue weighted by Gasteiger charge is 2.10. The van der Waals surface area contributed by atoms with Crippen LogP contribution in [0.4, 0.5) is 0 Å². The molecule has 2 aromatic rings. The van der Waals surface area contributed by atoms with Gasteiger partial charge >= 0.3 is 0 Å². The molecule has 0 aliphatic carbocycles. The zero-order valence-corrected chi connectivity index (χ0v) is 12.0. The normalized spacial score (nSPS) is 13.0. The molecular formula is C14H21N3S. The Bertz CT molecular complexity index is 555. The van der Waals surface area contributed by atoms with Gasteiger partial charge < -0.3 is 9.55 Å². The molecule has 1 N–H and O–H groups in total. The van der Waals surface area contributed by atoms with Gasteiger partial charge in [0.2, 0.25) is 0 Å². The Morgan fingerprint density at radius 3 is 3.00 bits per heavy atom. The molecule has 1 unspecified atom stereocenters. The summed E-state index contributed by atoms with van der Waals surface area (Å²) in [5, 5.41) is 0. The molecule has 1 atom stereocenters. The predicted octanol–water partition coefficient (Wildman–Crippen LogP) is 4.31. The van der Waals surface area contributed by atoms with Crippen LogP contribution < -0.4 is 0 Å². The molecule has 0 saturated carbocycles. The lowest BCUT2D eigenvalue weighted by atomic mass is 9.99. The van der Waals surface area contributed by atoms with Crippen LogP contribution in [0.5, 0.6) is 0 Å². The Morgan fingerprint density at radius 2 is 2.28 bits per heavy atom. The van der Waals surface area contributed by atoms with Crippen molar-refractivity contribution in [1.29, 1.82) is 0 Å². The molecule has 0 amide bonds. The first kappa shape index (κ1) is 13.3. The van der Waals surface area contributed by atoms with E-state index in [4.69, 9.17) is 12.2 Å². The predicted molar refractivity (Wildman–Crippen MR) is 78.2 cm³/mol. The third-order valence-corrected chi connectivity index (χ3v) is 3.88. The monoisotopic (exact) mass is 263 g/mol. The number of pyridine rings is 1. The van der Waals surface area contributed by atoms with Crippen LogP contribution in [0.3, 0.4) is 0 Å². The number of hydrogen-bond donors (Lipinski definition) is 1.